The van der Waals surface area contributed by atoms with E-state index < -0.39 is 0 Å². The first-order chi connectivity index (χ1) is 6.99. The molecule has 1 saturated heterocycles. The van der Waals surface area contributed by atoms with Crippen molar-refractivity contribution in [3.63, 3.8) is 0 Å². The zero-order valence-electron chi connectivity index (χ0n) is 9.00. The Morgan fingerprint density at radius 3 is 2.80 bits per heavy atom. The Balaban J connectivity index is 2.28. The maximum absolute atomic E-state index is 5.73. The summed E-state index contributed by atoms with van der Waals surface area (Å²) in [5.74, 6) is 1.41. The molecule has 1 aromatic rings. The SMILES string of the molecule is CC1(C)CCN(c2ncnc(N)c2Br)C1. The topological polar surface area (TPSA) is 55.0 Å². The summed E-state index contributed by atoms with van der Waals surface area (Å²) in [4.78, 5) is 10.5. The monoisotopic (exact) mass is 270 g/mol. The van der Waals surface area contributed by atoms with Crippen LogP contribution in [0.3, 0.4) is 0 Å². The first kappa shape index (κ1) is 10.7. The third kappa shape index (κ3) is 2.07. The van der Waals surface area contributed by atoms with Gasteiger partial charge in [-0.15, -0.1) is 0 Å². The van der Waals surface area contributed by atoms with Crippen LogP contribution in [0, 0.1) is 5.41 Å². The van der Waals surface area contributed by atoms with Gasteiger partial charge in [0.25, 0.3) is 0 Å². The lowest BCUT2D eigenvalue weighted by Crippen LogP contribution is -2.24. The molecule has 1 aliphatic rings. The maximum Gasteiger partial charge on any atom is 0.148 e. The zero-order chi connectivity index (χ0) is 11.1. The van der Waals surface area contributed by atoms with Crippen LogP contribution in [0.15, 0.2) is 10.8 Å². The molecular formula is C10H15BrN4. The fourth-order valence-electron chi connectivity index (χ4n) is 1.89. The number of nitrogens with two attached hydrogens (primary N) is 1. The summed E-state index contributed by atoms with van der Waals surface area (Å²) in [5, 5.41) is 0. The summed E-state index contributed by atoms with van der Waals surface area (Å²) >= 11 is 3.44. The number of halogens is 1. The van der Waals surface area contributed by atoms with Gasteiger partial charge in [-0.25, -0.2) is 9.97 Å². The molecule has 0 saturated carbocycles. The molecule has 0 aliphatic carbocycles. The first-order valence-electron chi connectivity index (χ1n) is 5.00. The quantitative estimate of drug-likeness (QED) is 0.849. The van der Waals surface area contributed by atoms with Crippen molar-refractivity contribution in [3.05, 3.63) is 10.8 Å². The Labute approximate surface area is 98.0 Å². The van der Waals surface area contributed by atoms with Crippen LogP contribution in [0.25, 0.3) is 0 Å². The summed E-state index contributed by atoms with van der Waals surface area (Å²) in [6.45, 7) is 6.58. The Morgan fingerprint density at radius 2 is 2.20 bits per heavy atom. The van der Waals surface area contributed by atoms with Gasteiger partial charge < -0.3 is 10.6 Å². The normalized spacial score (nSPS) is 19.5. The van der Waals surface area contributed by atoms with Crippen molar-refractivity contribution in [2.75, 3.05) is 23.7 Å². The van der Waals surface area contributed by atoms with Gasteiger partial charge in [0.15, 0.2) is 0 Å². The van der Waals surface area contributed by atoms with Crippen LogP contribution in [-0.2, 0) is 0 Å². The molecule has 5 heteroatoms. The predicted octanol–water partition coefficient (Wildman–Crippen LogP) is 2.06. The lowest BCUT2D eigenvalue weighted by molar-refractivity contribution is 0.418. The molecule has 0 radical (unpaired) electrons. The highest BCUT2D eigenvalue weighted by molar-refractivity contribution is 9.10. The minimum atomic E-state index is 0.360. The van der Waals surface area contributed by atoms with Gasteiger partial charge in [0.1, 0.15) is 22.4 Å². The molecule has 0 amide bonds. The lowest BCUT2D eigenvalue weighted by atomic mass is 9.93. The zero-order valence-corrected chi connectivity index (χ0v) is 10.6. The number of nitrogen functional groups attached to an aromatic ring is 1. The van der Waals surface area contributed by atoms with Gasteiger partial charge in [0.2, 0.25) is 0 Å². The van der Waals surface area contributed by atoms with E-state index in [2.05, 4.69) is 44.6 Å². The Kier molecular flexibility index (Phi) is 2.58. The molecule has 1 aromatic heterocycles. The number of anilines is 2. The van der Waals surface area contributed by atoms with Crippen LogP contribution in [0.5, 0.6) is 0 Å². The minimum Gasteiger partial charge on any atom is -0.383 e. The van der Waals surface area contributed by atoms with Crippen LogP contribution >= 0.6 is 15.9 Å². The minimum absolute atomic E-state index is 0.360. The van der Waals surface area contributed by atoms with Crippen LogP contribution in [0.1, 0.15) is 20.3 Å². The molecule has 2 rings (SSSR count). The highest BCUT2D eigenvalue weighted by atomic mass is 79.9. The Bertz CT molecular complexity index is 378. The fraction of sp³-hybridized carbons (Fsp3) is 0.600. The predicted molar refractivity (Wildman–Crippen MR) is 64.8 cm³/mol. The first-order valence-corrected chi connectivity index (χ1v) is 5.80. The van der Waals surface area contributed by atoms with E-state index in [1.807, 2.05) is 0 Å². The smallest absolute Gasteiger partial charge is 0.148 e. The van der Waals surface area contributed by atoms with E-state index in [1.54, 1.807) is 0 Å². The maximum atomic E-state index is 5.73. The number of hydrogen-bond acceptors (Lipinski definition) is 4. The molecule has 2 N–H and O–H groups in total. The van der Waals surface area contributed by atoms with Crippen molar-refractivity contribution in [2.24, 2.45) is 5.41 Å². The number of nitrogens with zero attached hydrogens (tertiary/aromatic N) is 3. The largest absolute Gasteiger partial charge is 0.383 e. The summed E-state index contributed by atoms with van der Waals surface area (Å²) in [6, 6.07) is 0. The molecule has 0 unspecified atom stereocenters. The van der Waals surface area contributed by atoms with Crippen LogP contribution in [0.2, 0.25) is 0 Å². The highest BCUT2D eigenvalue weighted by Crippen LogP contribution is 2.35. The molecular weight excluding hydrogens is 256 g/mol. The van der Waals surface area contributed by atoms with Gasteiger partial charge >= 0.3 is 0 Å². The molecule has 4 nitrogen and oxygen atoms in total. The molecule has 82 valence electrons. The molecule has 1 fully saturated rings. The Hall–Kier alpha value is -0.840. The Morgan fingerprint density at radius 1 is 1.47 bits per heavy atom. The molecule has 0 aromatic carbocycles. The average molecular weight is 271 g/mol. The van der Waals surface area contributed by atoms with E-state index in [0.717, 1.165) is 23.4 Å². The number of rotatable bonds is 1. The van der Waals surface area contributed by atoms with Gasteiger partial charge in [-0.05, 0) is 27.8 Å². The van der Waals surface area contributed by atoms with Crippen LogP contribution in [-0.4, -0.2) is 23.1 Å². The van der Waals surface area contributed by atoms with Crippen molar-refractivity contribution in [1.82, 2.24) is 9.97 Å². The van der Waals surface area contributed by atoms with Gasteiger partial charge in [-0.2, -0.15) is 0 Å². The van der Waals surface area contributed by atoms with E-state index in [1.165, 1.54) is 12.7 Å². The second kappa shape index (κ2) is 3.63. The van der Waals surface area contributed by atoms with Crippen LogP contribution in [0.4, 0.5) is 11.6 Å². The fourth-order valence-corrected chi connectivity index (χ4v) is 2.34. The van der Waals surface area contributed by atoms with E-state index in [-0.39, 0.29) is 0 Å². The van der Waals surface area contributed by atoms with E-state index >= 15 is 0 Å². The summed E-state index contributed by atoms with van der Waals surface area (Å²) in [5.41, 5.74) is 6.09. The van der Waals surface area contributed by atoms with Gasteiger partial charge in [-0.3, -0.25) is 0 Å². The number of aromatic nitrogens is 2. The lowest BCUT2D eigenvalue weighted by Gasteiger charge is -2.21. The molecule has 2 heterocycles. The standard InChI is InChI=1S/C10H15BrN4/c1-10(2)3-4-15(5-10)9-7(11)8(12)13-6-14-9/h6H,3-5H2,1-2H3,(H2,12,13,14). The second-order valence-electron chi connectivity index (χ2n) is 4.73. The van der Waals surface area contributed by atoms with E-state index in [0.29, 0.717) is 11.2 Å². The van der Waals surface area contributed by atoms with Crippen LogP contribution < -0.4 is 10.6 Å². The molecule has 0 bridgehead atoms. The van der Waals surface area contributed by atoms with E-state index in [4.69, 9.17) is 5.73 Å². The van der Waals surface area contributed by atoms with Crippen molar-refractivity contribution < 1.29 is 0 Å². The number of hydrogen-bond donors (Lipinski definition) is 1. The van der Waals surface area contributed by atoms with Crippen molar-refractivity contribution >= 4 is 27.6 Å². The summed E-state index contributed by atoms with van der Waals surface area (Å²) < 4.78 is 0.808. The average Bonchev–Trinajstić information content (AvgIpc) is 2.51. The van der Waals surface area contributed by atoms with Gasteiger partial charge in [-0.1, -0.05) is 13.8 Å². The van der Waals surface area contributed by atoms with Crippen molar-refractivity contribution in [1.29, 1.82) is 0 Å². The molecule has 1 aliphatic heterocycles. The van der Waals surface area contributed by atoms with Crippen molar-refractivity contribution in [2.45, 2.75) is 20.3 Å². The second-order valence-corrected chi connectivity index (χ2v) is 5.53. The molecule has 0 spiro atoms. The molecule has 15 heavy (non-hydrogen) atoms. The summed E-state index contributed by atoms with van der Waals surface area (Å²) in [6.07, 6.45) is 2.70. The third-order valence-electron chi connectivity index (χ3n) is 2.77. The van der Waals surface area contributed by atoms with Gasteiger partial charge in [0, 0.05) is 13.1 Å². The van der Waals surface area contributed by atoms with Crippen molar-refractivity contribution in [3.8, 4) is 0 Å². The third-order valence-corrected chi connectivity index (χ3v) is 3.54. The van der Waals surface area contributed by atoms with Gasteiger partial charge in [0.05, 0.1) is 0 Å². The van der Waals surface area contributed by atoms with E-state index in [9.17, 15) is 0 Å². The summed E-state index contributed by atoms with van der Waals surface area (Å²) in [7, 11) is 0. The highest BCUT2D eigenvalue weighted by Gasteiger charge is 2.31. The molecule has 0 atom stereocenters.